The Labute approximate surface area is 98.1 Å². The molecule has 0 aliphatic rings. The van der Waals surface area contributed by atoms with E-state index in [1.165, 1.54) is 18.2 Å². The van der Waals surface area contributed by atoms with Crippen molar-refractivity contribution in [1.29, 1.82) is 0 Å². The van der Waals surface area contributed by atoms with Gasteiger partial charge in [-0.25, -0.2) is 4.39 Å². The first-order valence-electron chi connectivity index (χ1n) is 5.45. The quantitative estimate of drug-likeness (QED) is 0.889. The molecular formula is C12H13FN2O2. The molecule has 0 fully saturated rings. The number of rotatable bonds is 3. The largest absolute Gasteiger partial charge is 0.507 e. The fourth-order valence-electron chi connectivity index (χ4n) is 1.44. The van der Waals surface area contributed by atoms with E-state index in [0.717, 1.165) is 6.42 Å². The van der Waals surface area contributed by atoms with Gasteiger partial charge in [0.1, 0.15) is 17.1 Å². The van der Waals surface area contributed by atoms with Crippen molar-refractivity contribution in [3.05, 3.63) is 29.8 Å². The van der Waals surface area contributed by atoms with Crippen molar-refractivity contribution in [3.63, 3.8) is 0 Å². The molecule has 1 aromatic carbocycles. The van der Waals surface area contributed by atoms with E-state index in [9.17, 15) is 9.50 Å². The highest BCUT2D eigenvalue weighted by Crippen LogP contribution is 2.31. The van der Waals surface area contributed by atoms with Crippen LogP contribution in [0.3, 0.4) is 0 Å². The minimum atomic E-state index is -0.579. The number of aromatic nitrogens is 2. The van der Waals surface area contributed by atoms with Crippen molar-refractivity contribution in [1.82, 2.24) is 10.1 Å². The Kier molecular flexibility index (Phi) is 3.08. The van der Waals surface area contributed by atoms with Crippen molar-refractivity contribution in [2.45, 2.75) is 26.2 Å². The fourth-order valence-corrected chi connectivity index (χ4v) is 1.44. The van der Waals surface area contributed by atoms with Gasteiger partial charge >= 0.3 is 0 Å². The van der Waals surface area contributed by atoms with Gasteiger partial charge in [0.05, 0.1) is 0 Å². The zero-order valence-corrected chi connectivity index (χ0v) is 9.64. The molecule has 0 saturated carbocycles. The lowest BCUT2D eigenvalue weighted by molar-refractivity contribution is 0.409. The normalized spacial score (nSPS) is 12.6. The second kappa shape index (κ2) is 4.53. The van der Waals surface area contributed by atoms with Gasteiger partial charge in [-0.2, -0.15) is 4.98 Å². The van der Waals surface area contributed by atoms with E-state index in [0.29, 0.717) is 5.82 Å². The predicted octanol–water partition coefficient (Wildman–Crippen LogP) is 3.09. The monoisotopic (exact) mass is 236 g/mol. The number of aromatic hydroxyl groups is 1. The van der Waals surface area contributed by atoms with Gasteiger partial charge in [-0.05, 0) is 18.6 Å². The predicted molar refractivity (Wildman–Crippen MR) is 60.1 cm³/mol. The summed E-state index contributed by atoms with van der Waals surface area (Å²) in [7, 11) is 0. The van der Waals surface area contributed by atoms with Crippen molar-refractivity contribution in [2.75, 3.05) is 0 Å². The summed E-state index contributed by atoms with van der Waals surface area (Å²) in [5, 5.41) is 13.4. The molecule has 1 aromatic heterocycles. The minimum absolute atomic E-state index is 0.0101. The van der Waals surface area contributed by atoms with Gasteiger partial charge < -0.3 is 9.63 Å². The Morgan fingerprint density at radius 1 is 1.47 bits per heavy atom. The van der Waals surface area contributed by atoms with Crippen LogP contribution < -0.4 is 0 Å². The number of phenols is 1. The van der Waals surface area contributed by atoms with Crippen LogP contribution in [0.4, 0.5) is 4.39 Å². The van der Waals surface area contributed by atoms with Gasteiger partial charge in [0.15, 0.2) is 5.82 Å². The lowest BCUT2D eigenvalue weighted by Gasteiger charge is -2.00. The number of hydrogen-bond acceptors (Lipinski definition) is 4. The molecule has 0 aliphatic carbocycles. The number of hydrogen-bond donors (Lipinski definition) is 1. The van der Waals surface area contributed by atoms with E-state index in [4.69, 9.17) is 4.52 Å². The number of phenolic OH excluding ortho intramolecular Hbond substituents is 1. The van der Waals surface area contributed by atoms with Gasteiger partial charge in [0, 0.05) is 5.92 Å². The topological polar surface area (TPSA) is 59.2 Å². The first-order chi connectivity index (χ1) is 8.13. The third kappa shape index (κ3) is 2.13. The van der Waals surface area contributed by atoms with Crippen molar-refractivity contribution in [3.8, 4) is 17.2 Å². The van der Waals surface area contributed by atoms with Crippen molar-refractivity contribution >= 4 is 0 Å². The van der Waals surface area contributed by atoms with Crippen LogP contribution in [0.25, 0.3) is 11.5 Å². The molecule has 0 saturated heterocycles. The molecule has 1 N–H and O–H groups in total. The maximum absolute atomic E-state index is 13.5. The summed E-state index contributed by atoms with van der Waals surface area (Å²) in [6.07, 6.45) is 0.863. The Hall–Kier alpha value is -1.91. The molecule has 1 unspecified atom stereocenters. The van der Waals surface area contributed by atoms with Gasteiger partial charge in [-0.3, -0.25) is 0 Å². The molecule has 1 heterocycles. The molecule has 2 aromatic rings. The average Bonchev–Trinajstić information content (AvgIpc) is 2.77. The number of halogens is 1. The average molecular weight is 236 g/mol. The Bertz CT molecular complexity index is 505. The third-order valence-electron chi connectivity index (χ3n) is 2.70. The maximum Gasteiger partial charge on any atom is 0.264 e. The summed E-state index contributed by atoms with van der Waals surface area (Å²) < 4.78 is 18.5. The molecule has 0 amide bonds. The summed E-state index contributed by atoms with van der Waals surface area (Å²) >= 11 is 0. The highest BCUT2D eigenvalue weighted by molar-refractivity contribution is 5.62. The molecular weight excluding hydrogens is 223 g/mol. The van der Waals surface area contributed by atoms with E-state index >= 15 is 0 Å². The number of benzene rings is 1. The zero-order valence-electron chi connectivity index (χ0n) is 9.64. The second-order valence-electron chi connectivity index (χ2n) is 3.90. The molecule has 5 heteroatoms. The lowest BCUT2D eigenvalue weighted by Crippen LogP contribution is -1.94. The molecule has 0 spiro atoms. The lowest BCUT2D eigenvalue weighted by atomic mass is 10.1. The molecule has 4 nitrogen and oxygen atoms in total. The summed E-state index contributed by atoms with van der Waals surface area (Å²) in [6.45, 7) is 3.96. The Morgan fingerprint density at radius 3 is 2.88 bits per heavy atom. The fraction of sp³-hybridized carbons (Fsp3) is 0.333. The van der Waals surface area contributed by atoms with Gasteiger partial charge in [-0.15, -0.1) is 0 Å². The van der Waals surface area contributed by atoms with E-state index in [-0.39, 0.29) is 23.1 Å². The SMILES string of the molecule is CCC(C)c1noc(-c2c(O)cccc2F)n1. The van der Waals surface area contributed by atoms with Gasteiger partial charge in [0.2, 0.25) is 0 Å². The third-order valence-corrected chi connectivity index (χ3v) is 2.70. The maximum atomic E-state index is 13.5. The first-order valence-corrected chi connectivity index (χ1v) is 5.45. The smallest absolute Gasteiger partial charge is 0.264 e. The number of nitrogens with zero attached hydrogens (tertiary/aromatic N) is 2. The molecule has 0 radical (unpaired) electrons. The molecule has 1 atom stereocenters. The highest BCUT2D eigenvalue weighted by Gasteiger charge is 2.19. The van der Waals surface area contributed by atoms with Gasteiger partial charge in [-0.1, -0.05) is 25.1 Å². The molecule has 2 rings (SSSR count). The standard InChI is InChI=1S/C12H13FN2O2/c1-3-7(2)11-14-12(17-15-11)10-8(13)5-4-6-9(10)16/h4-7,16H,3H2,1-2H3. The van der Waals surface area contributed by atoms with Crippen LogP contribution >= 0.6 is 0 Å². The van der Waals surface area contributed by atoms with Crippen LogP contribution in [-0.2, 0) is 0 Å². The van der Waals surface area contributed by atoms with E-state index < -0.39 is 5.82 Å². The van der Waals surface area contributed by atoms with Crippen LogP contribution in [0, 0.1) is 5.82 Å². The molecule has 90 valence electrons. The summed E-state index contributed by atoms with van der Waals surface area (Å²) in [6, 6.07) is 4.04. The summed E-state index contributed by atoms with van der Waals surface area (Å²) in [5.74, 6) is -0.115. The van der Waals surface area contributed by atoms with E-state index in [1.54, 1.807) is 0 Å². The van der Waals surface area contributed by atoms with Crippen LogP contribution in [-0.4, -0.2) is 15.2 Å². The van der Waals surface area contributed by atoms with Crippen LogP contribution in [0.2, 0.25) is 0 Å². The van der Waals surface area contributed by atoms with Crippen LogP contribution in [0.5, 0.6) is 5.75 Å². The van der Waals surface area contributed by atoms with Crippen molar-refractivity contribution in [2.24, 2.45) is 0 Å². The van der Waals surface area contributed by atoms with Crippen LogP contribution in [0.15, 0.2) is 22.7 Å². The highest BCUT2D eigenvalue weighted by atomic mass is 19.1. The first kappa shape index (κ1) is 11.6. The van der Waals surface area contributed by atoms with E-state index in [1.807, 2.05) is 13.8 Å². The summed E-state index contributed by atoms with van der Waals surface area (Å²) in [4.78, 5) is 4.10. The van der Waals surface area contributed by atoms with Crippen molar-refractivity contribution < 1.29 is 14.0 Å². The molecule has 0 aliphatic heterocycles. The molecule has 0 bridgehead atoms. The van der Waals surface area contributed by atoms with Gasteiger partial charge in [0.25, 0.3) is 5.89 Å². The van der Waals surface area contributed by atoms with E-state index in [2.05, 4.69) is 10.1 Å². The summed E-state index contributed by atoms with van der Waals surface area (Å²) in [5.41, 5.74) is -0.0467. The second-order valence-corrected chi connectivity index (χ2v) is 3.90. The Balaban J connectivity index is 2.44. The minimum Gasteiger partial charge on any atom is -0.507 e. The molecule has 17 heavy (non-hydrogen) atoms. The Morgan fingerprint density at radius 2 is 2.24 bits per heavy atom. The van der Waals surface area contributed by atoms with Crippen LogP contribution in [0.1, 0.15) is 32.0 Å². The zero-order chi connectivity index (χ0) is 12.4.